The van der Waals surface area contributed by atoms with Gasteiger partial charge >= 0.3 is 0 Å². The first-order valence-corrected chi connectivity index (χ1v) is 7.81. The fourth-order valence-electron chi connectivity index (χ4n) is 3.32. The molecule has 1 fully saturated rings. The fourth-order valence-corrected chi connectivity index (χ4v) is 3.32. The third kappa shape index (κ3) is 3.64. The van der Waals surface area contributed by atoms with Crippen LogP contribution in [0.2, 0.25) is 0 Å². The van der Waals surface area contributed by atoms with Crippen LogP contribution in [-0.2, 0) is 11.3 Å². The maximum absolute atomic E-state index is 6.13. The lowest BCUT2D eigenvalue weighted by molar-refractivity contribution is 0.0345. The van der Waals surface area contributed by atoms with E-state index in [9.17, 15) is 0 Å². The summed E-state index contributed by atoms with van der Waals surface area (Å²) in [5.74, 6) is 0. The third-order valence-electron chi connectivity index (χ3n) is 4.77. The van der Waals surface area contributed by atoms with Crippen LogP contribution in [0.4, 0.5) is 0 Å². The van der Waals surface area contributed by atoms with E-state index in [0.717, 1.165) is 13.1 Å². The minimum atomic E-state index is 0.273. The molecule has 1 aromatic carbocycles. The Hall–Kier alpha value is -0.940. The van der Waals surface area contributed by atoms with Crippen molar-refractivity contribution in [3.05, 3.63) is 35.4 Å². The van der Waals surface area contributed by atoms with Crippen molar-refractivity contribution in [2.24, 2.45) is 5.73 Å². The summed E-state index contributed by atoms with van der Waals surface area (Å²) in [6.45, 7) is 7.98. The first kappa shape index (κ1) is 16.4. The highest BCUT2D eigenvalue weighted by atomic mass is 16.5. The molecular formula is C17H29N3O. The molecule has 0 bridgehead atoms. The van der Waals surface area contributed by atoms with Crippen LogP contribution in [0.15, 0.2) is 24.3 Å². The van der Waals surface area contributed by atoms with Gasteiger partial charge in [0.05, 0.1) is 6.61 Å². The van der Waals surface area contributed by atoms with Gasteiger partial charge < -0.3 is 10.5 Å². The molecule has 1 aliphatic rings. The monoisotopic (exact) mass is 291 g/mol. The van der Waals surface area contributed by atoms with Crippen LogP contribution in [0, 0.1) is 0 Å². The number of nitrogens with zero attached hydrogens (tertiary/aromatic N) is 2. The average Bonchev–Trinajstić information content (AvgIpc) is 2.47. The Bertz CT molecular complexity index is 439. The van der Waals surface area contributed by atoms with Gasteiger partial charge in [-0.05, 0) is 32.0 Å². The van der Waals surface area contributed by atoms with Crippen molar-refractivity contribution in [2.75, 3.05) is 33.8 Å². The molecule has 1 heterocycles. The van der Waals surface area contributed by atoms with Crippen molar-refractivity contribution in [1.29, 1.82) is 0 Å². The lowest BCUT2D eigenvalue weighted by Crippen LogP contribution is -2.56. The molecule has 3 unspecified atom stereocenters. The second-order valence-electron chi connectivity index (χ2n) is 6.20. The number of likely N-dealkylation sites (N-methyl/N-ethyl adjacent to an activating group) is 1. The van der Waals surface area contributed by atoms with Crippen LogP contribution in [-0.4, -0.2) is 55.7 Å². The molecule has 1 aliphatic heterocycles. The van der Waals surface area contributed by atoms with Gasteiger partial charge in [-0.2, -0.15) is 0 Å². The normalized spacial score (nSPS) is 26.0. The molecule has 4 heteroatoms. The van der Waals surface area contributed by atoms with E-state index in [1.807, 2.05) is 0 Å². The second kappa shape index (κ2) is 7.36. The van der Waals surface area contributed by atoms with Crippen LogP contribution in [0.3, 0.4) is 0 Å². The Balaban J connectivity index is 2.23. The van der Waals surface area contributed by atoms with E-state index in [2.05, 4.69) is 55.0 Å². The van der Waals surface area contributed by atoms with E-state index < -0.39 is 0 Å². The Morgan fingerprint density at radius 2 is 1.86 bits per heavy atom. The molecule has 3 atom stereocenters. The summed E-state index contributed by atoms with van der Waals surface area (Å²) in [6, 6.07) is 9.88. The van der Waals surface area contributed by atoms with Crippen LogP contribution in [0.1, 0.15) is 31.0 Å². The number of hydrogen-bond donors (Lipinski definition) is 1. The predicted molar refractivity (Wildman–Crippen MR) is 87.2 cm³/mol. The van der Waals surface area contributed by atoms with Crippen LogP contribution >= 0.6 is 0 Å². The van der Waals surface area contributed by atoms with Crippen molar-refractivity contribution in [1.82, 2.24) is 9.80 Å². The van der Waals surface area contributed by atoms with E-state index in [1.54, 1.807) is 7.11 Å². The molecule has 0 saturated carbocycles. The van der Waals surface area contributed by atoms with Gasteiger partial charge in [-0.15, -0.1) is 0 Å². The molecule has 1 saturated heterocycles. The number of rotatable bonds is 5. The summed E-state index contributed by atoms with van der Waals surface area (Å²) in [5, 5.41) is 0. The Morgan fingerprint density at radius 3 is 2.43 bits per heavy atom. The third-order valence-corrected chi connectivity index (χ3v) is 4.77. The summed E-state index contributed by atoms with van der Waals surface area (Å²) in [7, 11) is 3.96. The van der Waals surface area contributed by atoms with Gasteiger partial charge in [-0.3, -0.25) is 9.80 Å². The minimum Gasteiger partial charge on any atom is -0.380 e. The Kier molecular flexibility index (Phi) is 5.76. The maximum Gasteiger partial charge on any atom is 0.0716 e. The van der Waals surface area contributed by atoms with E-state index >= 15 is 0 Å². The zero-order chi connectivity index (χ0) is 15.4. The standard InChI is InChI=1S/C17H29N3O/c1-13-10-20(11-14(2)19(13)3)17(9-18)16-8-6-5-7-15(16)12-21-4/h5-8,13-14,17H,9-12,18H2,1-4H3. The Morgan fingerprint density at radius 1 is 1.24 bits per heavy atom. The fraction of sp³-hybridized carbons (Fsp3) is 0.647. The highest BCUT2D eigenvalue weighted by Crippen LogP contribution is 2.27. The largest absolute Gasteiger partial charge is 0.380 e. The highest BCUT2D eigenvalue weighted by Gasteiger charge is 2.31. The molecule has 21 heavy (non-hydrogen) atoms. The second-order valence-corrected chi connectivity index (χ2v) is 6.20. The van der Waals surface area contributed by atoms with Crippen LogP contribution in [0.25, 0.3) is 0 Å². The topological polar surface area (TPSA) is 41.7 Å². The van der Waals surface area contributed by atoms with Gasteiger partial charge in [-0.25, -0.2) is 0 Å². The number of hydrogen-bond acceptors (Lipinski definition) is 4. The average molecular weight is 291 g/mol. The molecule has 4 nitrogen and oxygen atoms in total. The van der Waals surface area contributed by atoms with Crippen LogP contribution < -0.4 is 5.73 Å². The molecule has 0 aromatic heterocycles. The van der Waals surface area contributed by atoms with Gasteiger partial charge in [0.1, 0.15) is 0 Å². The van der Waals surface area contributed by atoms with Gasteiger partial charge in [0.2, 0.25) is 0 Å². The van der Waals surface area contributed by atoms with E-state index in [1.165, 1.54) is 11.1 Å². The van der Waals surface area contributed by atoms with Crippen molar-refractivity contribution in [3.8, 4) is 0 Å². The molecule has 0 spiro atoms. The quantitative estimate of drug-likeness (QED) is 0.899. The lowest BCUT2D eigenvalue weighted by Gasteiger charge is -2.45. The van der Waals surface area contributed by atoms with E-state index in [-0.39, 0.29) is 6.04 Å². The summed E-state index contributed by atoms with van der Waals surface area (Å²) in [6.07, 6.45) is 0. The van der Waals surface area contributed by atoms with Crippen molar-refractivity contribution < 1.29 is 4.74 Å². The first-order valence-electron chi connectivity index (χ1n) is 7.81. The maximum atomic E-state index is 6.13. The number of ether oxygens (including phenoxy) is 1. The summed E-state index contributed by atoms with van der Waals surface area (Å²) in [4.78, 5) is 4.98. The van der Waals surface area contributed by atoms with E-state index in [0.29, 0.717) is 25.2 Å². The lowest BCUT2D eigenvalue weighted by atomic mass is 9.97. The van der Waals surface area contributed by atoms with Crippen molar-refractivity contribution >= 4 is 0 Å². The number of methoxy groups -OCH3 is 1. The number of benzene rings is 1. The zero-order valence-electron chi connectivity index (χ0n) is 13.7. The SMILES string of the molecule is COCc1ccccc1C(CN)N1CC(C)N(C)C(C)C1. The number of nitrogens with two attached hydrogens (primary N) is 1. The summed E-state index contributed by atoms with van der Waals surface area (Å²) >= 11 is 0. The summed E-state index contributed by atoms with van der Waals surface area (Å²) < 4.78 is 5.34. The molecule has 0 radical (unpaired) electrons. The predicted octanol–water partition coefficient (Wildman–Crippen LogP) is 1.86. The van der Waals surface area contributed by atoms with Crippen LogP contribution in [0.5, 0.6) is 0 Å². The molecule has 1 aromatic rings. The molecular weight excluding hydrogens is 262 g/mol. The molecule has 118 valence electrons. The molecule has 0 aliphatic carbocycles. The molecule has 2 rings (SSSR count). The van der Waals surface area contributed by atoms with Gasteiger partial charge in [0.15, 0.2) is 0 Å². The summed E-state index contributed by atoms with van der Waals surface area (Å²) in [5.41, 5.74) is 8.69. The van der Waals surface area contributed by atoms with Gasteiger partial charge in [-0.1, -0.05) is 24.3 Å². The smallest absolute Gasteiger partial charge is 0.0716 e. The van der Waals surface area contributed by atoms with Gasteiger partial charge in [0, 0.05) is 44.9 Å². The number of piperazine rings is 1. The van der Waals surface area contributed by atoms with Gasteiger partial charge in [0.25, 0.3) is 0 Å². The molecule has 0 amide bonds. The molecule has 2 N–H and O–H groups in total. The van der Waals surface area contributed by atoms with E-state index in [4.69, 9.17) is 10.5 Å². The first-order chi connectivity index (χ1) is 10.1. The minimum absolute atomic E-state index is 0.273. The van der Waals surface area contributed by atoms with Crippen molar-refractivity contribution in [2.45, 2.75) is 38.6 Å². The zero-order valence-corrected chi connectivity index (χ0v) is 13.7. The Labute approximate surface area is 128 Å². The van der Waals surface area contributed by atoms with Crippen molar-refractivity contribution in [3.63, 3.8) is 0 Å². The highest BCUT2D eigenvalue weighted by molar-refractivity contribution is 5.30.